The number of hydrogen-bond donors (Lipinski definition) is 1. The van der Waals surface area contributed by atoms with Crippen molar-refractivity contribution in [1.82, 2.24) is 25.0 Å². The van der Waals surface area contributed by atoms with Gasteiger partial charge in [-0.2, -0.15) is 13.2 Å². The number of anilines is 1. The van der Waals surface area contributed by atoms with Crippen molar-refractivity contribution in [2.45, 2.75) is 6.18 Å². The molecule has 0 radical (unpaired) electrons. The van der Waals surface area contributed by atoms with Gasteiger partial charge in [0.1, 0.15) is 11.5 Å². The second kappa shape index (κ2) is 3.68. The van der Waals surface area contributed by atoms with Gasteiger partial charge in [-0.3, -0.25) is 0 Å². The molecule has 90 valence electrons. The first-order valence-electron chi connectivity index (χ1n) is 4.45. The molecule has 2 rings (SSSR count). The lowest BCUT2D eigenvalue weighted by atomic mass is 10.3. The van der Waals surface area contributed by atoms with Gasteiger partial charge in [0.05, 0.1) is 11.9 Å². The summed E-state index contributed by atoms with van der Waals surface area (Å²) in [7, 11) is 1.54. The molecule has 9 heteroatoms. The van der Waals surface area contributed by atoms with E-state index >= 15 is 0 Å². The second-order valence-corrected chi connectivity index (χ2v) is 3.24. The van der Waals surface area contributed by atoms with Crippen molar-refractivity contribution in [3.8, 4) is 11.4 Å². The molecule has 0 saturated heterocycles. The van der Waals surface area contributed by atoms with Crippen LogP contribution >= 0.6 is 0 Å². The van der Waals surface area contributed by atoms with E-state index in [-0.39, 0.29) is 11.5 Å². The number of nitrogen functional groups attached to an aromatic ring is 1. The van der Waals surface area contributed by atoms with Gasteiger partial charge in [-0.25, -0.2) is 14.6 Å². The van der Waals surface area contributed by atoms with Crippen molar-refractivity contribution >= 4 is 5.82 Å². The molecule has 17 heavy (non-hydrogen) atoms. The first-order chi connectivity index (χ1) is 7.88. The summed E-state index contributed by atoms with van der Waals surface area (Å²) in [6.45, 7) is 0. The minimum Gasteiger partial charge on any atom is -0.384 e. The summed E-state index contributed by atoms with van der Waals surface area (Å²) < 4.78 is 38.7. The van der Waals surface area contributed by atoms with Crippen molar-refractivity contribution in [3.63, 3.8) is 0 Å². The molecule has 0 bridgehead atoms. The molecule has 0 saturated carbocycles. The molecule has 2 heterocycles. The van der Waals surface area contributed by atoms with Gasteiger partial charge >= 0.3 is 6.18 Å². The SMILES string of the molecule is Cn1nncc1-c1cc(N)nc(C(F)(F)F)n1. The van der Waals surface area contributed by atoms with Crippen molar-refractivity contribution in [2.24, 2.45) is 7.05 Å². The molecular weight excluding hydrogens is 237 g/mol. The Labute approximate surface area is 93.3 Å². The number of aryl methyl sites for hydroxylation is 1. The van der Waals surface area contributed by atoms with Gasteiger partial charge < -0.3 is 5.73 Å². The zero-order chi connectivity index (χ0) is 12.6. The van der Waals surface area contributed by atoms with E-state index in [9.17, 15) is 13.2 Å². The molecule has 0 atom stereocenters. The van der Waals surface area contributed by atoms with Crippen LogP contribution in [0, 0.1) is 0 Å². The predicted molar refractivity (Wildman–Crippen MR) is 51.4 cm³/mol. The highest BCUT2D eigenvalue weighted by atomic mass is 19.4. The van der Waals surface area contributed by atoms with Crippen LogP contribution < -0.4 is 5.73 Å². The van der Waals surface area contributed by atoms with Gasteiger partial charge in [-0.05, 0) is 0 Å². The maximum absolute atomic E-state index is 12.5. The quantitative estimate of drug-likeness (QED) is 0.804. The zero-order valence-corrected chi connectivity index (χ0v) is 8.60. The minimum absolute atomic E-state index is 0.0253. The van der Waals surface area contributed by atoms with Crippen LogP contribution in [0.1, 0.15) is 5.82 Å². The lowest BCUT2D eigenvalue weighted by Gasteiger charge is -2.07. The number of rotatable bonds is 1. The Balaban J connectivity index is 2.57. The summed E-state index contributed by atoms with van der Waals surface area (Å²) >= 11 is 0. The highest BCUT2D eigenvalue weighted by Crippen LogP contribution is 2.28. The van der Waals surface area contributed by atoms with E-state index in [1.54, 1.807) is 0 Å². The van der Waals surface area contributed by atoms with Crippen LogP contribution in [0.3, 0.4) is 0 Å². The van der Waals surface area contributed by atoms with Crippen LogP contribution in [-0.2, 0) is 13.2 Å². The fourth-order valence-electron chi connectivity index (χ4n) is 1.25. The highest BCUT2D eigenvalue weighted by molar-refractivity contribution is 5.56. The molecule has 0 fully saturated rings. The first kappa shape index (κ1) is 11.3. The Hall–Kier alpha value is -2.19. The molecule has 2 aromatic rings. The van der Waals surface area contributed by atoms with E-state index in [1.165, 1.54) is 24.0 Å². The number of nitrogens with zero attached hydrogens (tertiary/aromatic N) is 5. The average Bonchev–Trinajstić information content (AvgIpc) is 2.62. The van der Waals surface area contributed by atoms with Crippen molar-refractivity contribution in [1.29, 1.82) is 0 Å². The van der Waals surface area contributed by atoms with E-state index in [0.717, 1.165) is 0 Å². The molecule has 0 aliphatic rings. The summed E-state index contributed by atoms with van der Waals surface area (Å²) in [5, 5.41) is 7.15. The predicted octanol–water partition coefficient (Wildman–Crippen LogP) is 0.873. The largest absolute Gasteiger partial charge is 0.451 e. The number of halogens is 3. The molecule has 0 aromatic carbocycles. The zero-order valence-electron chi connectivity index (χ0n) is 8.60. The van der Waals surface area contributed by atoms with Gasteiger partial charge in [-0.1, -0.05) is 5.21 Å². The van der Waals surface area contributed by atoms with Gasteiger partial charge in [0.15, 0.2) is 0 Å². The first-order valence-corrected chi connectivity index (χ1v) is 4.45. The number of nitrogens with two attached hydrogens (primary N) is 1. The standard InChI is InChI=1S/C8H7F3N6/c1-17-5(3-13-16-17)4-2-6(12)15-7(14-4)8(9,10)11/h2-3H,1H3,(H2,12,14,15). The van der Waals surface area contributed by atoms with Crippen molar-refractivity contribution < 1.29 is 13.2 Å². The lowest BCUT2D eigenvalue weighted by Crippen LogP contribution is -2.13. The summed E-state index contributed by atoms with van der Waals surface area (Å²) in [5.41, 5.74) is 5.66. The summed E-state index contributed by atoms with van der Waals surface area (Å²) in [6.07, 6.45) is -3.35. The van der Waals surface area contributed by atoms with Crippen LogP contribution in [0.4, 0.5) is 19.0 Å². The van der Waals surface area contributed by atoms with Crippen molar-refractivity contribution in [2.75, 3.05) is 5.73 Å². The number of alkyl halides is 3. The summed E-state index contributed by atoms with van der Waals surface area (Å²) in [4.78, 5) is 6.53. The van der Waals surface area contributed by atoms with Crippen LogP contribution in [0.15, 0.2) is 12.3 Å². The van der Waals surface area contributed by atoms with Crippen LogP contribution in [0.25, 0.3) is 11.4 Å². The van der Waals surface area contributed by atoms with E-state index < -0.39 is 12.0 Å². The molecule has 2 N–H and O–H groups in total. The summed E-state index contributed by atoms with van der Waals surface area (Å²) in [5.74, 6) is -1.54. The van der Waals surface area contributed by atoms with Crippen LogP contribution in [0.5, 0.6) is 0 Å². The Bertz CT molecular complexity index is 546. The third-order valence-electron chi connectivity index (χ3n) is 1.98. The molecule has 0 aliphatic heterocycles. The molecular formula is C8H7F3N6. The highest BCUT2D eigenvalue weighted by Gasteiger charge is 2.35. The smallest absolute Gasteiger partial charge is 0.384 e. The van der Waals surface area contributed by atoms with Gasteiger partial charge in [0, 0.05) is 13.1 Å². The average molecular weight is 244 g/mol. The molecule has 0 aliphatic carbocycles. The second-order valence-electron chi connectivity index (χ2n) is 3.24. The Morgan fingerprint density at radius 3 is 2.53 bits per heavy atom. The minimum atomic E-state index is -4.64. The summed E-state index contributed by atoms with van der Waals surface area (Å²) in [6, 6.07) is 1.23. The van der Waals surface area contributed by atoms with Crippen LogP contribution in [-0.4, -0.2) is 25.0 Å². The van der Waals surface area contributed by atoms with E-state index in [0.29, 0.717) is 5.69 Å². The monoisotopic (exact) mass is 244 g/mol. The van der Waals surface area contributed by atoms with Crippen LogP contribution in [0.2, 0.25) is 0 Å². The molecule has 6 nitrogen and oxygen atoms in total. The van der Waals surface area contributed by atoms with Crippen molar-refractivity contribution in [3.05, 3.63) is 18.1 Å². The maximum Gasteiger partial charge on any atom is 0.451 e. The van der Waals surface area contributed by atoms with Gasteiger partial charge in [0.2, 0.25) is 5.82 Å². The fraction of sp³-hybridized carbons (Fsp3) is 0.250. The number of aromatic nitrogens is 5. The normalized spacial score (nSPS) is 11.8. The number of hydrogen-bond acceptors (Lipinski definition) is 5. The third kappa shape index (κ3) is 2.17. The maximum atomic E-state index is 12.5. The molecule has 0 spiro atoms. The van der Waals surface area contributed by atoms with Gasteiger partial charge in [-0.15, -0.1) is 5.10 Å². The Kier molecular flexibility index (Phi) is 2.45. The van der Waals surface area contributed by atoms with E-state index in [4.69, 9.17) is 5.73 Å². The lowest BCUT2D eigenvalue weighted by molar-refractivity contribution is -0.144. The third-order valence-corrected chi connectivity index (χ3v) is 1.98. The Morgan fingerprint density at radius 2 is 2.00 bits per heavy atom. The van der Waals surface area contributed by atoms with E-state index in [1.807, 2.05) is 0 Å². The Morgan fingerprint density at radius 1 is 1.29 bits per heavy atom. The van der Waals surface area contributed by atoms with Gasteiger partial charge in [0.25, 0.3) is 0 Å². The van der Waals surface area contributed by atoms with E-state index in [2.05, 4.69) is 20.3 Å². The fourth-order valence-corrected chi connectivity index (χ4v) is 1.25. The molecule has 0 unspecified atom stereocenters. The topological polar surface area (TPSA) is 82.5 Å². The molecule has 0 amide bonds. The molecule has 2 aromatic heterocycles.